The van der Waals surface area contributed by atoms with Crippen LogP contribution in [0.1, 0.15) is 271 Å². The molecule has 0 radical (unpaired) electrons. The maximum atomic E-state index is 12.7. The van der Waals surface area contributed by atoms with Crippen LogP contribution in [0.5, 0.6) is 0 Å². The molecule has 0 aromatic rings. The third kappa shape index (κ3) is 50.1. The SMILES string of the molecule is CCCCCCCC/C=C/CCCCCCCCCCCCCC(=O)OC[C@H](COP(=O)(O)OC[C@H](N)C(=O)O)OC(=O)CCC/C=C/CC/C=C/CCCCCCCCCCCCCCCC. The Balaban J connectivity index is 4.23. The maximum absolute atomic E-state index is 12.7. The molecule has 4 N–H and O–H groups in total. The Morgan fingerprint density at radius 1 is 0.441 bits per heavy atom. The van der Waals surface area contributed by atoms with Gasteiger partial charge in [0.05, 0.1) is 13.2 Å². The summed E-state index contributed by atoms with van der Waals surface area (Å²) < 4.78 is 32.9. The molecular weight excluding hydrogens is 878 g/mol. The number of carboxylic acids is 1. The number of carbonyl (C=O) groups is 3. The molecule has 0 heterocycles. The summed E-state index contributed by atoms with van der Waals surface area (Å²) in [6.45, 7) is 2.82. The predicted octanol–water partition coefficient (Wildman–Crippen LogP) is 16.3. The Hall–Kier alpha value is -2.30. The molecular formula is C56H104NO10P. The Labute approximate surface area is 416 Å². The molecule has 0 saturated carbocycles. The molecule has 0 rings (SSSR count). The third-order valence-electron chi connectivity index (χ3n) is 12.3. The maximum Gasteiger partial charge on any atom is 0.472 e. The first kappa shape index (κ1) is 65.7. The van der Waals surface area contributed by atoms with Crippen molar-refractivity contribution in [1.82, 2.24) is 0 Å². The second-order valence-corrected chi connectivity index (χ2v) is 20.5. The van der Waals surface area contributed by atoms with Gasteiger partial charge in [0, 0.05) is 12.8 Å². The van der Waals surface area contributed by atoms with E-state index in [0.29, 0.717) is 19.3 Å². The quantitative estimate of drug-likeness (QED) is 0.0229. The van der Waals surface area contributed by atoms with Crippen LogP contribution in [-0.2, 0) is 37.5 Å². The number of carboxylic acid groups (broad SMARTS) is 1. The van der Waals surface area contributed by atoms with E-state index in [-0.39, 0.29) is 19.4 Å². The lowest BCUT2D eigenvalue weighted by atomic mass is 10.0. The summed E-state index contributed by atoms with van der Waals surface area (Å²) in [5.74, 6) is -2.42. The second kappa shape index (κ2) is 51.1. The van der Waals surface area contributed by atoms with Gasteiger partial charge in [0.1, 0.15) is 12.6 Å². The number of allylic oxidation sites excluding steroid dienone is 6. The fourth-order valence-electron chi connectivity index (χ4n) is 7.96. The van der Waals surface area contributed by atoms with E-state index in [2.05, 4.69) is 54.8 Å². The number of aliphatic carboxylic acids is 1. The van der Waals surface area contributed by atoms with Crippen LogP contribution in [-0.4, -0.2) is 59.9 Å². The summed E-state index contributed by atoms with van der Waals surface area (Å²) in [6.07, 6.45) is 59.4. The largest absolute Gasteiger partial charge is 0.480 e. The summed E-state index contributed by atoms with van der Waals surface area (Å²) in [4.78, 5) is 46.3. The van der Waals surface area contributed by atoms with Crippen LogP contribution in [0.4, 0.5) is 0 Å². The zero-order valence-corrected chi connectivity index (χ0v) is 44.6. The van der Waals surface area contributed by atoms with E-state index >= 15 is 0 Å². The van der Waals surface area contributed by atoms with E-state index < -0.39 is 51.1 Å². The third-order valence-corrected chi connectivity index (χ3v) is 13.3. The Morgan fingerprint density at radius 3 is 1.16 bits per heavy atom. The smallest absolute Gasteiger partial charge is 0.472 e. The van der Waals surface area contributed by atoms with Gasteiger partial charge in [0.2, 0.25) is 0 Å². The van der Waals surface area contributed by atoms with Gasteiger partial charge in [-0.2, -0.15) is 0 Å². The van der Waals surface area contributed by atoms with Crippen LogP contribution in [0, 0.1) is 0 Å². The average Bonchev–Trinajstić information content (AvgIpc) is 3.32. The number of hydrogen-bond acceptors (Lipinski definition) is 9. The predicted molar refractivity (Wildman–Crippen MR) is 282 cm³/mol. The lowest BCUT2D eigenvalue weighted by Gasteiger charge is -2.20. The zero-order valence-electron chi connectivity index (χ0n) is 43.7. The highest BCUT2D eigenvalue weighted by atomic mass is 31.2. The summed E-state index contributed by atoms with van der Waals surface area (Å²) in [7, 11) is -4.73. The van der Waals surface area contributed by atoms with Gasteiger partial charge >= 0.3 is 25.7 Å². The fraction of sp³-hybridized carbons (Fsp3) is 0.839. The van der Waals surface area contributed by atoms with Crippen LogP contribution in [0.3, 0.4) is 0 Å². The molecule has 0 aromatic heterocycles. The molecule has 398 valence electrons. The minimum Gasteiger partial charge on any atom is -0.480 e. The van der Waals surface area contributed by atoms with Crippen molar-refractivity contribution in [2.75, 3.05) is 19.8 Å². The molecule has 0 spiro atoms. The van der Waals surface area contributed by atoms with Crippen LogP contribution in [0.15, 0.2) is 36.5 Å². The Bertz CT molecular complexity index is 1290. The van der Waals surface area contributed by atoms with Crippen molar-refractivity contribution in [2.24, 2.45) is 5.73 Å². The molecule has 12 heteroatoms. The van der Waals surface area contributed by atoms with Gasteiger partial charge in [-0.15, -0.1) is 0 Å². The van der Waals surface area contributed by atoms with Crippen molar-refractivity contribution in [3.05, 3.63) is 36.5 Å². The van der Waals surface area contributed by atoms with E-state index in [9.17, 15) is 23.8 Å². The van der Waals surface area contributed by atoms with E-state index in [1.807, 2.05) is 0 Å². The average molecular weight is 982 g/mol. The molecule has 0 aliphatic rings. The Kier molecular flexibility index (Phi) is 49.3. The normalized spacial score (nSPS) is 13.7. The number of phosphoric ester groups is 1. The number of carbonyl (C=O) groups excluding carboxylic acids is 2. The molecule has 1 unspecified atom stereocenters. The first-order valence-electron chi connectivity index (χ1n) is 28.0. The highest BCUT2D eigenvalue weighted by Gasteiger charge is 2.28. The monoisotopic (exact) mass is 982 g/mol. The number of esters is 2. The van der Waals surface area contributed by atoms with Crippen LogP contribution in [0.2, 0.25) is 0 Å². The van der Waals surface area contributed by atoms with Gasteiger partial charge in [-0.3, -0.25) is 23.4 Å². The number of phosphoric acid groups is 1. The number of unbranched alkanes of at least 4 members (excludes halogenated alkanes) is 33. The molecule has 11 nitrogen and oxygen atoms in total. The molecule has 3 atom stereocenters. The number of hydrogen-bond donors (Lipinski definition) is 3. The number of rotatable bonds is 53. The lowest BCUT2D eigenvalue weighted by Crippen LogP contribution is -2.34. The van der Waals surface area contributed by atoms with Crippen molar-refractivity contribution in [1.29, 1.82) is 0 Å². The summed E-state index contributed by atoms with van der Waals surface area (Å²) >= 11 is 0. The number of nitrogens with two attached hydrogens (primary N) is 1. The topological polar surface area (TPSA) is 172 Å². The van der Waals surface area contributed by atoms with E-state index in [1.54, 1.807) is 0 Å². The Morgan fingerprint density at radius 2 is 0.765 bits per heavy atom. The molecule has 0 aliphatic heterocycles. The minimum absolute atomic E-state index is 0.103. The molecule has 0 aromatic carbocycles. The van der Waals surface area contributed by atoms with E-state index in [0.717, 1.165) is 38.5 Å². The second-order valence-electron chi connectivity index (χ2n) is 19.1. The van der Waals surface area contributed by atoms with Gasteiger partial charge in [0.15, 0.2) is 6.10 Å². The van der Waals surface area contributed by atoms with Crippen LogP contribution >= 0.6 is 7.82 Å². The minimum atomic E-state index is -4.73. The highest BCUT2D eigenvalue weighted by molar-refractivity contribution is 7.47. The van der Waals surface area contributed by atoms with Gasteiger partial charge in [-0.25, -0.2) is 4.57 Å². The van der Waals surface area contributed by atoms with Gasteiger partial charge < -0.3 is 25.2 Å². The van der Waals surface area contributed by atoms with E-state index in [1.165, 1.54) is 186 Å². The summed E-state index contributed by atoms with van der Waals surface area (Å²) in [6, 6.07) is -1.53. The summed E-state index contributed by atoms with van der Waals surface area (Å²) in [5, 5.41) is 8.94. The van der Waals surface area contributed by atoms with Crippen LogP contribution < -0.4 is 5.73 Å². The van der Waals surface area contributed by atoms with Crippen molar-refractivity contribution in [2.45, 2.75) is 283 Å². The first-order valence-corrected chi connectivity index (χ1v) is 29.5. The van der Waals surface area contributed by atoms with Crippen molar-refractivity contribution < 1.29 is 47.5 Å². The first-order chi connectivity index (χ1) is 33.1. The number of ether oxygens (including phenoxy) is 2. The van der Waals surface area contributed by atoms with Gasteiger partial charge in [-0.1, -0.05) is 224 Å². The highest BCUT2D eigenvalue weighted by Crippen LogP contribution is 2.43. The summed E-state index contributed by atoms with van der Waals surface area (Å²) in [5.41, 5.74) is 5.36. The molecule has 68 heavy (non-hydrogen) atoms. The molecule has 0 amide bonds. The standard InChI is InChI=1S/C56H104NO10P/c1-3-5-7-9-11-13-15-17-19-21-23-25-26-28-30-32-34-36-38-40-42-44-46-48-55(59)67-52(50-65-68(62,63)66-51-53(57)56(60)61)49-64-54(58)47-45-43-41-39-37-35-33-31-29-27-24-22-20-18-16-14-12-10-8-6-4-2/h18,20,32,34,40,42,52-53H,3-17,19,21-31,33,35-39,41,43-51,57H2,1-2H3,(H,60,61)(H,62,63)/b20-18+,34-32+,42-40+/t52-,53+/m1/s1. The van der Waals surface area contributed by atoms with Crippen LogP contribution in [0.25, 0.3) is 0 Å². The zero-order chi connectivity index (χ0) is 49.9. The van der Waals surface area contributed by atoms with Gasteiger partial charge in [-0.05, 0) is 70.6 Å². The molecule has 0 aliphatic carbocycles. The molecule has 0 saturated heterocycles. The van der Waals surface area contributed by atoms with Gasteiger partial charge in [0.25, 0.3) is 0 Å². The van der Waals surface area contributed by atoms with Crippen molar-refractivity contribution in [3.63, 3.8) is 0 Å². The molecule has 0 bridgehead atoms. The fourth-order valence-corrected chi connectivity index (χ4v) is 8.74. The molecule has 0 fully saturated rings. The lowest BCUT2D eigenvalue weighted by molar-refractivity contribution is -0.161. The van der Waals surface area contributed by atoms with Crippen molar-refractivity contribution in [3.8, 4) is 0 Å². The van der Waals surface area contributed by atoms with E-state index in [4.69, 9.17) is 24.8 Å². The van der Waals surface area contributed by atoms with Crippen molar-refractivity contribution >= 4 is 25.7 Å².